The number of anilines is 1. The summed E-state index contributed by atoms with van der Waals surface area (Å²) in [6, 6.07) is 12.9. The molecule has 0 aliphatic carbocycles. The SMILES string of the molecule is COC(=O)c1ccc2c(c1)N(Cc1c[nH]c3ccccc13)C(=O)CO2. The average Bonchev–Trinajstić information content (AvgIpc) is 3.06. The van der Waals surface area contributed by atoms with E-state index in [1.54, 1.807) is 23.1 Å². The third kappa shape index (κ3) is 2.61. The van der Waals surface area contributed by atoms with Crippen molar-refractivity contribution in [1.29, 1.82) is 0 Å². The summed E-state index contributed by atoms with van der Waals surface area (Å²) in [7, 11) is 1.33. The summed E-state index contributed by atoms with van der Waals surface area (Å²) < 4.78 is 10.3. The summed E-state index contributed by atoms with van der Waals surface area (Å²) >= 11 is 0. The molecule has 0 bridgehead atoms. The molecule has 25 heavy (non-hydrogen) atoms. The van der Waals surface area contributed by atoms with Crippen LogP contribution in [0.1, 0.15) is 15.9 Å². The second kappa shape index (κ2) is 5.98. The maximum Gasteiger partial charge on any atom is 0.337 e. The van der Waals surface area contributed by atoms with Crippen molar-refractivity contribution in [2.75, 3.05) is 18.6 Å². The van der Waals surface area contributed by atoms with E-state index < -0.39 is 5.97 Å². The van der Waals surface area contributed by atoms with Gasteiger partial charge in [0.15, 0.2) is 6.61 Å². The van der Waals surface area contributed by atoms with Crippen LogP contribution >= 0.6 is 0 Å². The molecule has 1 amide bonds. The minimum absolute atomic E-state index is 0.0209. The van der Waals surface area contributed by atoms with E-state index in [4.69, 9.17) is 9.47 Å². The van der Waals surface area contributed by atoms with Crippen LogP contribution in [-0.2, 0) is 16.1 Å². The van der Waals surface area contributed by atoms with Crippen molar-refractivity contribution in [3.63, 3.8) is 0 Å². The largest absolute Gasteiger partial charge is 0.482 e. The number of carbonyl (C=O) groups is 2. The summed E-state index contributed by atoms with van der Waals surface area (Å²) in [5.74, 6) is -0.0280. The van der Waals surface area contributed by atoms with E-state index in [1.807, 2.05) is 30.5 Å². The van der Waals surface area contributed by atoms with E-state index in [9.17, 15) is 9.59 Å². The van der Waals surface area contributed by atoms with Gasteiger partial charge in [0, 0.05) is 17.1 Å². The third-order valence-corrected chi connectivity index (χ3v) is 4.33. The molecule has 4 rings (SSSR count). The van der Waals surface area contributed by atoms with Crippen molar-refractivity contribution >= 4 is 28.5 Å². The molecule has 3 aromatic rings. The molecule has 1 aromatic heterocycles. The fraction of sp³-hybridized carbons (Fsp3) is 0.158. The van der Waals surface area contributed by atoms with Crippen LogP contribution in [0, 0.1) is 0 Å². The smallest absolute Gasteiger partial charge is 0.337 e. The predicted molar refractivity (Wildman–Crippen MR) is 92.8 cm³/mol. The molecule has 0 saturated carbocycles. The Bertz CT molecular complexity index is 976. The minimum atomic E-state index is -0.451. The van der Waals surface area contributed by atoms with Gasteiger partial charge in [-0.25, -0.2) is 4.79 Å². The Morgan fingerprint density at radius 2 is 2.12 bits per heavy atom. The van der Waals surface area contributed by atoms with Crippen molar-refractivity contribution in [1.82, 2.24) is 4.98 Å². The van der Waals surface area contributed by atoms with E-state index in [0.717, 1.165) is 16.5 Å². The van der Waals surface area contributed by atoms with Gasteiger partial charge in [-0.2, -0.15) is 0 Å². The lowest BCUT2D eigenvalue weighted by Crippen LogP contribution is -2.38. The maximum absolute atomic E-state index is 12.4. The van der Waals surface area contributed by atoms with Crippen LogP contribution in [0.2, 0.25) is 0 Å². The number of aromatic amines is 1. The lowest BCUT2D eigenvalue weighted by molar-refractivity contribution is -0.121. The number of nitrogens with zero attached hydrogens (tertiary/aromatic N) is 1. The molecule has 2 aromatic carbocycles. The standard InChI is InChI=1S/C19H16N2O4/c1-24-19(23)12-6-7-17-16(8-12)21(18(22)11-25-17)10-13-9-20-15-5-3-2-4-14(13)15/h2-9,20H,10-11H2,1H3. The molecule has 1 aliphatic rings. The van der Waals surface area contributed by atoms with Gasteiger partial charge in [-0.1, -0.05) is 18.2 Å². The molecular weight excluding hydrogens is 320 g/mol. The number of aromatic nitrogens is 1. The van der Waals surface area contributed by atoms with E-state index in [0.29, 0.717) is 23.5 Å². The molecule has 0 radical (unpaired) electrons. The number of fused-ring (bicyclic) bond motifs is 2. The first-order chi connectivity index (χ1) is 12.2. The van der Waals surface area contributed by atoms with Crippen LogP contribution in [-0.4, -0.2) is 30.6 Å². The number of carbonyl (C=O) groups excluding carboxylic acids is 2. The van der Waals surface area contributed by atoms with Crippen LogP contribution in [0.25, 0.3) is 10.9 Å². The van der Waals surface area contributed by atoms with E-state index in [2.05, 4.69) is 4.98 Å². The molecule has 1 N–H and O–H groups in total. The van der Waals surface area contributed by atoms with Crippen LogP contribution in [0.3, 0.4) is 0 Å². The van der Waals surface area contributed by atoms with Crippen LogP contribution in [0.15, 0.2) is 48.7 Å². The van der Waals surface area contributed by atoms with Crippen molar-refractivity contribution in [3.05, 3.63) is 59.8 Å². The number of amides is 1. The maximum atomic E-state index is 12.4. The molecule has 126 valence electrons. The van der Waals surface area contributed by atoms with Crippen LogP contribution < -0.4 is 9.64 Å². The molecule has 0 unspecified atom stereocenters. The average molecular weight is 336 g/mol. The second-order valence-electron chi connectivity index (χ2n) is 5.80. The Kier molecular flexibility index (Phi) is 3.65. The highest BCUT2D eigenvalue weighted by molar-refractivity contribution is 6.00. The number of para-hydroxylation sites is 1. The highest BCUT2D eigenvalue weighted by atomic mass is 16.5. The van der Waals surface area contributed by atoms with Gasteiger partial charge in [0.25, 0.3) is 5.91 Å². The normalized spacial score (nSPS) is 13.5. The van der Waals surface area contributed by atoms with Crippen LogP contribution in [0.5, 0.6) is 5.75 Å². The molecule has 6 nitrogen and oxygen atoms in total. The quantitative estimate of drug-likeness (QED) is 0.747. The molecule has 2 heterocycles. The van der Waals surface area contributed by atoms with Gasteiger partial charge in [-0.15, -0.1) is 0 Å². The van der Waals surface area contributed by atoms with Gasteiger partial charge in [0.2, 0.25) is 0 Å². The third-order valence-electron chi connectivity index (χ3n) is 4.33. The van der Waals surface area contributed by atoms with Gasteiger partial charge < -0.3 is 19.4 Å². The van der Waals surface area contributed by atoms with Gasteiger partial charge in [-0.3, -0.25) is 4.79 Å². The molecule has 0 spiro atoms. The van der Waals surface area contributed by atoms with Crippen molar-refractivity contribution in [2.45, 2.75) is 6.54 Å². The zero-order valence-corrected chi connectivity index (χ0v) is 13.6. The molecular formula is C19H16N2O4. The Labute approximate surface area is 144 Å². The number of benzene rings is 2. The highest BCUT2D eigenvalue weighted by Gasteiger charge is 2.27. The Morgan fingerprint density at radius 3 is 2.96 bits per heavy atom. The number of hydrogen-bond acceptors (Lipinski definition) is 4. The summed E-state index contributed by atoms with van der Waals surface area (Å²) in [5, 5.41) is 1.06. The molecule has 0 fully saturated rings. The van der Waals surface area contributed by atoms with E-state index in [1.165, 1.54) is 7.11 Å². The van der Waals surface area contributed by atoms with Gasteiger partial charge in [0.1, 0.15) is 5.75 Å². The topological polar surface area (TPSA) is 71.6 Å². The Hall–Kier alpha value is -3.28. The fourth-order valence-corrected chi connectivity index (χ4v) is 3.05. The minimum Gasteiger partial charge on any atom is -0.482 e. The van der Waals surface area contributed by atoms with E-state index >= 15 is 0 Å². The monoisotopic (exact) mass is 336 g/mol. The Balaban J connectivity index is 1.75. The highest BCUT2D eigenvalue weighted by Crippen LogP contribution is 2.35. The molecule has 0 atom stereocenters. The first-order valence-corrected chi connectivity index (χ1v) is 7.88. The summed E-state index contributed by atoms with van der Waals surface area (Å²) in [6.07, 6.45) is 1.90. The lowest BCUT2D eigenvalue weighted by atomic mass is 10.1. The molecule has 0 saturated heterocycles. The fourth-order valence-electron chi connectivity index (χ4n) is 3.05. The molecule has 1 aliphatic heterocycles. The summed E-state index contributed by atoms with van der Waals surface area (Å²) in [6.45, 7) is 0.372. The zero-order chi connectivity index (χ0) is 17.4. The predicted octanol–water partition coefficient (Wildman–Crippen LogP) is 2.88. The second-order valence-corrected chi connectivity index (χ2v) is 5.80. The lowest BCUT2D eigenvalue weighted by Gasteiger charge is -2.29. The Morgan fingerprint density at radius 1 is 1.28 bits per heavy atom. The van der Waals surface area contributed by atoms with Gasteiger partial charge >= 0.3 is 5.97 Å². The van der Waals surface area contributed by atoms with Gasteiger partial charge in [-0.05, 0) is 29.8 Å². The first kappa shape index (κ1) is 15.3. The van der Waals surface area contributed by atoms with Crippen molar-refractivity contribution in [3.8, 4) is 5.75 Å². The van der Waals surface area contributed by atoms with Crippen LogP contribution in [0.4, 0.5) is 5.69 Å². The molecule has 6 heteroatoms. The number of ether oxygens (including phenoxy) is 2. The number of esters is 1. The number of rotatable bonds is 3. The summed E-state index contributed by atoms with van der Waals surface area (Å²) in [4.78, 5) is 29.1. The van der Waals surface area contributed by atoms with Gasteiger partial charge in [0.05, 0.1) is 24.9 Å². The van der Waals surface area contributed by atoms with Crippen molar-refractivity contribution in [2.24, 2.45) is 0 Å². The number of nitrogens with one attached hydrogen (secondary N) is 1. The van der Waals surface area contributed by atoms with E-state index in [-0.39, 0.29) is 12.5 Å². The first-order valence-electron chi connectivity index (χ1n) is 7.88. The van der Waals surface area contributed by atoms with Crippen molar-refractivity contribution < 1.29 is 19.1 Å². The number of methoxy groups -OCH3 is 1. The zero-order valence-electron chi connectivity index (χ0n) is 13.6. The summed E-state index contributed by atoms with van der Waals surface area (Å²) in [5.41, 5.74) is 2.97. The number of H-pyrrole nitrogens is 1. The number of hydrogen-bond donors (Lipinski definition) is 1.